The number of ether oxygens (including phenoxy) is 1. The number of rotatable bonds is 5. The van der Waals surface area contributed by atoms with Gasteiger partial charge in [-0.25, -0.2) is 8.60 Å². The first-order chi connectivity index (χ1) is 11.4. The van der Waals surface area contributed by atoms with Gasteiger partial charge in [0, 0.05) is 24.6 Å². The van der Waals surface area contributed by atoms with Crippen LogP contribution < -0.4 is 19.1 Å². The number of benzene rings is 1. The van der Waals surface area contributed by atoms with Gasteiger partial charge < -0.3 is 15.2 Å². The van der Waals surface area contributed by atoms with Gasteiger partial charge in [-0.2, -0.15) is 0 Å². The Hall–Kier alpha value is -1.87. The van der Waals surface area contributed by atoms with E-state index in [4.69, 9.17) is 4.74 Å². The molecular weight excluding hydrogens is 337 g/mol. The fourth-order valence-corrected chi connectivity index (χ4v) is 3.75. The van der Waals surface area contributed by atoms with E-state index in [0.717, 1.165) is 10.8 Å². The number of phenols is 1. The molecule has 2 heterocycles. The van der Waals surface area contributed by atoms with Crippen LogP contribution in [0.5, 0.6) is 11.5 Å². The lowest BCUT2D eigenvalue weighted by Crippen LogP contribution is -2.32. The Kier molecular flexibility index (Phi) is 4.64. The highest BCUT2D eigenvalue weighted by molar-refractivity contribution is 7.85. The van der Waals surface area contributed by atoms with Crippen molar-refractivity contribution >= 4 is 22.8 Å². The molecule has 132 valence electrons. The second kappa shape index (κ2) is 6.56. The van der Waals surface area contributed by atoms with Gasteiger partial charge in [-0.1, -0.05) is 13.8 Å². The summed E-state index contributed by atoms with van der Waals surface area (Å²) in [6.07, 6.45) is 0.119. The van der Waals surface area contributed by atoms with Crippen LogP contribution in [0, 0.1) is 11.7 Å². The number of fused-ring (bicyclic) bond motifs is 1. The number of hydrogen-bond donors (Lipinski definition) is 3. The number of carbonyl (C=O) groups is 1. The Balaban J connectivity index is 1.80. The number of amides is 1. The van der Waals surface area contributed by atoms with E-state index in [1.54, 1.807) is 0 Å². The van der Waals surface area contributed by atoms with Crippen LogP contribution in [0.3, 0.4) is 0 Å². The fraction of sp³-hybridized carbons (Fsp3) is 0.533. The molecule has 7 nitrogen and oxygen atoms in total. The maximum atomic E-state index is 14.8. The van der Waals surface area contributed by atoms with E-state index in [1.807, 2.05) is 0 Å². The molecule has 0 aliphatic carbocycles. The summed E-state index contributed by atoms with van der Waals surface area (Å²) >= 11 is -1.90. The van der Waals surface area contributed by atoms with E-state index < -0.39 is 28.6 Å². The Morgan fingerprint density at radius 3 is 2.96 bits per heavy atom. The molecule has 1 fully saturated rings. The lowest BCUT2D eigenvalue weighted by Gasteiger charge is -2.17. The normalized spacial score (nSPS) is 22.7. The number of phenolic OH excluding ortho intramolecular Hbond substituents is 1. The minimum Gasteiger partial charge on any atom is -0.505 e. The average Bonchev–Trinajstić information content (AvgIpc) is 3.02. The number of hydrogen-bond acceptors (Lipinski definition) is 5. The second-order valence-electron chi connectivity index (χ2n) is 6.34. The maximum Gasteiger partial charge on any atom is 0.253 e. The van der Waals surface area contributed by atoms with E-state index in [1.165, 1.54) is 6.07 Å². The molecule has 2 atom stereocenters. The summed E-state index contributed by atoms with van der Waals surface area (Å²) in [6, 6.07) is 1.32. The van der Waals surface area contributed by atoms with E-state index in [9.17, 15) is 18.5 Å². The van der Waals surface area contributed by atoms with Crippen molar-refractivity contribution in [1.82, 2.24) is 10.0 Å². The first-order valence-electron chi connectivity index (χ1n) is 7.77. The summed E-state index contributed by atoms with van der Waals surface area (Å²) in [5, 5.41) is 13.4. The molecule has 9 heteroatoms. The predicted octanol–water partition coefficient (Wildman–Crippen LogP) is 0.595. The Labute approximate surface area is 141 Å². The summed E-state index contributed by atoms with van der Waals surface area (Å²) < 4.78 is 35.5. The van der Waals surface area contributed by atoms with Crippen molar-refractivity contribution in [2.24, 2.45) is 5.92 Å². The lowest BCUT2D eigenvalue weighted by atomic mass is 10.1. The standard InChI is InChI=1S/C15H20FN3O4S/c1-8(2)5-17-6-9-3-10-12(23-9)4-11(20)15(14(10)16)19-7-13(21)18-24(19)22/h4,8-9,17,20H,3,5-7H2,1-2H3,(H,18,21). The number of carbonyl (C=O) groups excluding carboxylic acids is 1. The zero-order valence-electron chi connectivity index (χ0n) is 13.5. The van der Waals surface area contributed by atoms with Gasteiger partial charge in [0.2, 0.25) is 11.2 Å². The fourth-order valence-electron chi connectivity index (χ4n) is 2.81. The Morgan fingerprint density at radius 2 is 2.33 bits per heavy atom. The van der Waals surface area contributed by atoms with Crippen molar-refractivity contribution in [3.05, 3.63) is 17.4 Å². The third-order valence-electron chi connectivity index (χ3n) is 3.87. The van der Waals surface area contributed by atoms with E-state index in [2.05, 4.69) is 23.9 Å². The maximum absolute atomic E-state index is 14.8. The van der Waals surface area contributed by atoms with Crippen LogP contribution in [0.2, 0.25) is 0 Å². The highest BCUT2D eigenvalue weighted by atomic mass is 32.2. The van der Waals surface area contributed by atoms with Gasteiger partial charge in [0.05, 0.1) is 0 Å². The zero-order chi connectivity index (χ0) is 17.4. The largest absolute Gasteiger partial charge is 0.505 e. The SMILES string of the molecule is CC(C)CNCC1Cc2c(cc(O)c(N3CC(=O)NS3=O)c2F)O1. The van der Waals surface area contributed by atoms with Gasteiger partial charge in [-0.15, -0.1) is 0 Å². The van der Waals surface area contributed by atoms with E-state index in [-0.39, 0.29) is 24.1 Å². The number of halogens is 1. The lowest BCUT2D eigenvalue weighted by molar-refractivity contribution is -0.117. The van der Waals surface area contributed by atoms with Crippen LogP contribution in [-0.2, 0) is 22.4 Å². The number of nitrogens with zero attached hydrogens (tertiary/aromatic N) is 1. The van der Waals surface area contributed by atoms with Crippen molar-refractivity contribution in [2.75, 3.05) is 23.9 Å². The molecule has 1 saturated heterocycles. The van der Waals surface area contributed by atoms with Crippen molar-refractivity contribution in [3.8, 4) is 11.5 Å². The third kappa shape index (κ3) is 3.18. The zero-order valence-corrected chi connectivity index (χ0v) is 14.3. The van der Waals surface area contributed by atoms with Crippen molar-refractivity contribution < 1.29 is 23.2 Å². The van der Waals surface area contributed by atoms with Crippen LogP contribution in [0.4, 0.5) is 10.1 Å². The molecule has 0 radical (unpaired) electrons. The minimum atomic E-state index is -1.90. The van der Waals surface area contributed by atoms with Crippen LogP contribution in [0.25, 0.3) is 0 Å². The number of anilines is 1. The van der Waals surface area contributed by atoms with Gasteiger partial charge in [0.25, 0.3) is 5.91 Å². The monoisotopic (exact) mass is 357 g/mol. The first-order valence-corrected chi connectivity index (χ1v) is 8.88. The summed E-state index contributed by atoms with van der Waals surface area (Å²) in [5.74, 6) is -0.793. The molecule has 0 aromatic heterocycles. The molecule has 1 aromatic rings. The molecular formula is C15H20FN3O4S. The smallest absolute Gasteiger partial charge is 0.253 e. The van der Waals surface area contributed by atoms with Gasteiger partial charge in [-0.3, -0.25) is 13.8 Å². The Morgan fingerprint density at radius 1 is 1.58 bits per heavy atom. The van der Waals surface area contributed by atoms with Crippen molar-refractivity contribution in [3.63, 3.8) is 0 Å². The molecule has 0 bridgehead atoms. The highest BCUT2D eigenvalue weighted by Crippen LogP contribution is 2.42. The van der Waals surface area contributed by atoms with Crippen molar-refractivity contribution in [1.29, 1.82) is 0 Å². The third-order valence-corrected chi connectivity index (χ3v) is 4.98. The van der Waals surface area contributed by atoms with Crippen LogP contribution in [-0.4, -0.2) is 41.0 Å². The summed E-state index contributed by atoms with van der Waals surface area (Å²) in [4.78, 5) is 11.3. The topological polar surface area (TPSA) is 90.9 Å². The molecule has 2 aliphatic rings. The first kappa shape index (κ1) is 17.0. The van der Waals surface area contributed by atoms with Gasteiger partial charge in [-0.05, 0) is 12.5 Å². The molecule has 24 heavy (non-hydrogen) atoms. The minimum absolute atomic E-state index is 0.230. The summed E-state index contributed by atoms with van der Waals surface area (Å²) in [7, 11) is 0. The van der Waals surface area contributed by atoms with Gasteiger partial charge >= 0.3 is 0 Å². The average molecular weight is 357 g/mol. The summed E-state index contributed by atoms with van der Waals surface area (Å²) in [5.41, 5.74) is 0.0975. The van der Waals surface area contributed by atoms with Crippen LogP contribution in [0.15, 0.2) is 6.07 Å². The van der Waals surface area contributed by atoms with Crippen LogP contribution in [0.1, 0.15) is 19.4 Å². The van der Waals surface area contributed by atoms with Gasteiger partial charge in [0.15, 0.2) is 5.82 Å². The quantitative estimate of drug-likeness (QED) is 0.718. The highest BCUT2D eigenvalue weighted by Gasteiger charge is 2.36. The molecule has 2 aliphatic heterocycles. The number of nitrogens with one attached hydrogen (secondary N) is 2. The molecule has 0 saturated carbocycles. The van der Waals surface area contributed by atoms with Gasteiger partial charge in [0.1, 0.15) is 29.8 Å². The van der Waals surface area contributed by atoms with E-state index >= 15 is 0 Å². The number of aromatic hydroxyl groups is 1. The van der Waals surface area contributed by atoms with E-state index in [0.29, 0.717) is 24.4 Å². The molecule has 2 unspecified atom stereocenters. The molecule has 1 aromatic carbocycles. The Bertz CT molecular complexity index is 698. The predicted molar refractivity (Wildman–Crippen MR) is 87.5 cm³/mol. The van der Waals surface area contributed by atoms with Crippen molar-refractivity contribution in [2.45, 2.75) is 26.4 Å². The second-order valence-corrected chi connectivity index (χ2v) is 7.49. The summed E-state index contributed by atoms with van der Waals surface area (Å²) in [6.45, 7) is 5.31. The molecule has 0 spiro atoms. The molecule has 3 N–H and O–H groups in total. The van der Waals surface area contributed by atoms with Crippen LogP contribution >= 0.6 is 0 Å². The molecule has 3 rings (SSSR count). The molecule has 1 amide bonds.